The minimum atomic E-state index is -3.53. The number of piperazine rings is 1. The van der Waals surface area contributed by atoms with E-state index in [0.29, 0.717) is 36.8 Å². The molecule has 7 nitrogen and oxygen atoms in total. The molecular weight excluding hydrogens is 390 g/mol. The Labute approximate surface area is 172 Å². The lowest BCUT2D eigenvalue weighted by Gasteiger charge is -2.33. The van der Waals surface area contributed by atoms with Crippen LogP contribution < -0.4 is 10.1 Å². The van der Waals surface area contributed by atoms with Crippen molar-refractivity contribution in [3.63, 3.8) is 0 Å². The van der Waals surface area contributed by atoms with Crippen LogP contribution in [-0.2, 0) is 14.8 Å². The molecule has 0 unspecified atom stereocenters. The maximum Gasteiger partial charge on any atom is 0.243 e. The van der Waals surface area contributed by atoms with Crippen LogP contribution in [-0.4, -0.2) is 63.4 Å². The number of amides is 1. The summed E-state index contributed by atoms with van der Waals surface area (Å²) in [7, 11) is -1.94. The van der Waals surface area contributed by atoms with Crippen molar-refractivity contribution in [1.29, 1.82) is 0 Å². The molecule has 1 saturated heterocycles. The molecule has 0 aliphatic carbocycles. The van der Waals surface area contributed by atoms with Crippen LogP contribution in [0.15, 0.2) is 47.4 Å². The van der Waals surface area contributed by atoms with E-state index < -0.39 is 10.0 Å². The van der Waals surface area contributed by atoms with Gasteiger partial charge in [0.25, 0.3) is 0 Å². The molecule has 0 bridgehead atoms. The number of hydrogen-bond donors (Lipinski definition) is 1. The maximum absolute atomic E-state index is 13.0. The normalized spacial score (nSPS) is 15.8. The van der Waals surface area contributed by atoms with E-state index in [4.69, 9.17) is 4.74 Å². The van der Waals surface area contributed by atoms with E-state index >= 15 is 0 Å². The zero-order valence-corrected chi connectivity index (χ0v) is 17.8. The quantitative estimate of drug-likeness (QED) is 0.780. The second kappa shape index (κ2) is 8.94. The zero-order valence-electron chi connectivity index (χ0n) is 17.0. The number of rotatable bonds is 6. The van der Waals surface area contributed by atoms with Gasteiger partial charge in [-0.3, -0.25) is 9.69 Å². The summed E-state index contributed by atoms with van der Waals surface area (Å²) < 4.78 is 32.6. The lowest BCUT2D eigenvalue weighted by Crippen LogP contribution is -2.50. The third-order valence-corrected chi connectivity index (χ3v) is 7.07. The molecule has 2 aromatic rings. The average molecular weight is 418 g/mol. The van der Waals surface area contributed by atoms with Crippen molar-refractivity contribution in [2.45, 2.75) is 18.7 Å². The summed E-state index contributed by atoms with van der Waals surface area (Å²) in [5, 5.41) is 2.85. The van der Waals surface area contributed by atoms with Gasteiger partial charge in [-0.15, -0.1) is 0 Å². The summed E-state index contributed by atoms with van der Waals surface area (Å²) >= 11 is 0. The molecular formula is C21H27N3O4S. The number of methoxy groups -OCH3 is 1. The molecule has 8 heteroatoms. The number of hydrogen-bond acceptors (Lipinski definition) is 5. The predicted molar refractivity (Wildman–Crippen MR) is 113 cm³/mol. The third-order valence-electron chi connectivity index (χ3n) is 5.03. The summed E-state index contributed by atoms with van der Waals surface area (Å²) in [5.41, 5.74) is 2.37. The summed E-state index contributed by atoms with van der Waals surface area (Å²) in [6.07, 6.45) is 0. The van der Waals surface area contributed by atoms with Gasteiger partial charge in [-0.25, -0.2) is 8.42 Å². The van der Waals surface area contributed by atoms with Crippen molar-refractivity contribution in [3.05, 3.63) is 53.6 Å². The Morgan fingerprint density at radius 2 is 1.69 bits per heavy atom. The Morgan fingerprint density at radius 3 is 2.31 bits per heavy atom. The van der Waals surface area contributed by atoms with E-state index in [1.165, 1.54) is 4.31 Å². The van der Waals surface area contributed by atoms with Gasteiger partial charge >= 0.3 is 0 Å². The van der Waals surface area contributed by atoms with Crippen LogP contribution in [0.1, 0.15) is 11.1 Å². The smallest absolute Gasteiger partial charge is 0.243 e. The Kier molecular flexibility index (Phi) is 6.56. The van der Waals surface area contributed by atoms with Crippen molar-refractivity contribution in [3.8, 4) is 5.75 Å². The van der Waals surface area contributed by atoms with Crippen molar-refractivity contribution >= 4 is 21.6 Å². The number of carbonyl (C=O) groups is 1. The Bertz CT molecular complexity index is 966. The van der Waals surface area contributed by atoms with Crippen LogP contribution in [0.2, 0.25) is 0 Å². The lowest BCUT2D eigenvalue weighted by molar-refractivity contribution is -0.117. The molecule has 1 amide bonds. The van der Waals surface area contributed by atoms with Crippen LogP contribution in [0.3, 0.4) is 0 Å². The highest BCUT2D eigenvalue weighted by atomic mass is 32.2. The van der Waals surface area contributed by atoms with E-state index in [9.17, 15) is 13.2 Å². The highest BCUT2D eigenvalue weighted by Crippen LogP contribution is 2.22. The van der Waals surface area contributed by atoms with E-state index in [-0.39, 0.29) is 12.5 Å². The number of anilines is 1. The van der Waals surface area contributed by atoms with Gasteiger partial charge in [-0.05, 0) is 55.3 Å². The minimum absolute atomic E-state index is 0.124. The Hall–Kier alpha value is -2.42. The van der Waals surface area contributed by atoms with Gasteiger partial charge in [-0.2, -0.15) is 4.31 Å². The first-order valence-corrected chi connectivity index (χ1v) is 11.0. The summed E-state index contributed by atoms with van der Waals surface area (Å²) in [5.74, 6) is 0.602. The molecule has 2 aromatic carbocycles. The molecule has 1 aliphatic heterocycles. The van der Waals surface area contributed by atoms with Gasteiger partial charge in [0.2, 0.25) is 15.9 Å². The molecule has 29 heavy (non-hydrogen) atoms. The van der Waals surface area contributed by atoms with Gasteiger partial charge in [-0.1, -0.05) is 12.1 Å². The number of nitrogens with one attached hydrogen (secondary N) is 1. The van der Waals surface area contributed by atoms with Crippen LogP contribution in [0, 0.1) is 13.8 Å². The first kappa shape index (κ1) is 21.3. The van der Waals surface area contributed by atoms with Crippen molar-refractivity contribution in [2.75, 3.05) is 45.2 Å². The first-order chi connectivity index (χ1) is 13.8. The molecule has 0 atom stereocenters. The fraction of sp³-hybridized carbons (Fsp3) is 0.381. The average Bonchev–Trinajstić information content (AvgIpc) is 2.70. The summed E-state index contributed by atoms with van der Waals surface area (Å²) in [4.78, 5) is 14.6. The van der Waals surface area contributed by atoms with Gasteiger partial charge in [0.05, 0.1) is 18.6 Å². The number of carbonyl (C=O) groups excluding carboxylic acids is 1. The van der Waals surface area contributed by atoms with Crippen LogP contribution in [0.5, 0.6) is 5.75 Å². The monoisotopic (exact) mass is 417 g/mol. The molecule has 0 spiro atoms. The second-order valence-electron chi connectivity index (χ2n) is 7.23. The topological polar surface area (TPSA) is 79.0 Å². The van der Waals surface area contributed by atoms with E-state index in [0.717, 1.165) is 16.9 Å². The highest BCUT2D eigenvalue weighted by Gasteiger charge is 2.30. The summed E-state index contributed by atoms with van der Waals surface area (Å²) in [6.45, 7) is 5.69. The van der Waals surface area contributed by atoms with Crippen molar-refractivity contribution in [1.82, 2.24) is 9.21 Å². The first-order valence-electron chi connectivity index (χ1n) is 9.53. The highest BCUT2D eigenvalue weighted by molar-refractivity contribution is 7.89. The fourth-order valence-electron chi connectivity index (χ4n) is 3.33. The molecule has 1 heterocycles. The standard InChI is InChI=1S/C21H27N3O4S/c1-16-4-5-17(2)20(14-16)29(26,27)24-12-10-23(11-13-24)15-21(25)22-18-6-8-19(28-3)9-7-18/h4-9,14H,10-13,15H2,1-3H3,(H,22,25). The molecule has 0 radical (unpaired) electrons. The number of sulfonamides is 1. The van der Waals surface area contributed by atoms with E-state index in [1.54, 1.807) is 37.4 Å². The number of benzene rings is 2. The zero-order chi connectivity index (χ0) is 21.0. The largest absolute Gasteiger partial charge is 0.497 e. The fourth-order valence-corrected chi connectivity index (χ4v) is 5.06. The predicted octanol–water partition coefficient (Wildman–Crippen LogP) is 2.26. The Morgan fingerprint density at radius 1 is 1.03 bits per heavy atom. The molecule has 1 N–H and O–H groups in total. The van der Waals surface area contributed by atoms with E-state index in [2.05, 4.69) is 5.32 Å². The van der Waals surface area contributed by atoms with Gasteiger partial charge in [0, 0.05) is 31.9 Å². The molecule has 1 aliphatic rings. The van der Waals surface area contributed by atoms with Crippen LogP contribution in [0.4, 0.5) is 5.69 Å². The third kappa shape index (κ3) is 5.14. The van der Waals surface area contributed by atoms with Gasteiger partial charge in [0.1, 0.15) is 5.75 Å². The summed E-state index contributed by atoms with van der Waals surface area (Å²) in [6, 6.07) is 12.6. The molecule has 0 aromatic heterocycles. The second-order valence-corrected chi connectivity index (χ2v) is 9.13. The molecule has 3 rings (SSSR count). The molecule has 0 saturated carbocycles. The maximum atomic E-state index is 13.0. The minimum Gasteiger partial charge on any atom is -0.497 e. The van der Waals surface area contributed by atoms with Gasteiger partial charge in [0.15, 0.2) is 0 Å². The number of nitrogens with zero attached hydrogens (tertiary/aromatic N) is 2. The van der Waals surface area contributed by atoms with Crippen molar-refractivity contribution in [2.24, 2.45) is 0 Å². The number of aryl methyl sites for hydroxylation is 2. The number of ether oxygens (including phenoxy) is 1. The molecule has 156 valence electrons. The van der Waals surface area contributed by atoms with Gasteiger partial charge < -0.3 is 10.1 Å². The molecule has 1 fully saturated rings. The van der Waals surface area contributed by atoms with Crippen molar-refractivity contribution < 1.29 is 17.9 Å². The SMILES string of the molecule is COc1ccc(NC(=O)CN2CCN(S(=O)(=O)c3cc(C)ccc3C)CC2)cc1. The Balaban J connectivity index is 1.55. The van der Waals surface area contributed by atoms with Crippen LogP contribution >= 0.6 is 0 Å². The van der Waals surface area contributed by atoms with Crippen LogP contribution in [0.25, 0.3) is 0 Å². The van der Waals surface area contributed by atoms with E-state index in [1.807, 2.05) is 30.9 Å². The lowest BCUT2D eigenvalue weighted by atomic mass is 10.2.